The van der Waals surface area contributed by atoms with Crippen LogP contribution in [0.25, 0.3) is 10.8 Å². The van der Waals surface area contributed by atoms with E-state index in [9.17, 15) is 0 Å². The van der Waals surface area contributed by atoms with Crippen molar-refractivity contribution in [1.29, 1.82) is 0 Å². The van der Waals surface area contributed by atoms with Crippen molar-refractivity contribution in [3.63, 3.8) is 0 Å². The van der Waals surface area contributed by atoms with Crippen LogP contribution in [-0.4, -0.2) is 0 Å². The van der Waals surface area contributed by atoms with Crippen LogP contribution >= 0.6 is 0 Å². The average molecular weight is 186 g/mol. The van der Waals surface area contributed by atoms with Gasteiger partial charge in [0.1, 0.15) is 0 Å². The first-order valence-electron chi connectivity index (χ1n) is 4.78. The van der Waals surface area contributed by atoms with Gasteiger partial charge in [0.25, 0.3) is 0 Å². The van der Waals surface area contributed by atoms with E-state index < -0.39 is 0 Å². The highest BCUT2D eigenvalue weighted by atomic mass is 14.6. The Morgan fingerprint density at radius 2 is 1.79 bits per heavy atom. The molecule has 2 aromatic carbocycles. The van der Waals surface area contributed by atoms with Gasteiger partial charge >= 0.3 is 0 Å². The van der Waals surface area contributed by atoms with Crippen LogP contribution in [0.4, 0.5) is 11.4 Å². The van der Waals surface area contributed by atoms with Crippen molar-refractivity contribution in [2.24, 2.45) is 0 Å². The normalized spacial score (nSPS) is 10.6. The molecule has 0 aliphatic rings. The van der Waals surface area contributed by atoms with Gasteiger partial charge in [-0.1, -0.05) is 13.0 Å². The topological polar surface area (TPSA) is 52.0 Å². The molecule has 0 saturated carbocycles. The third kappa shape index (κ3) is 1.39. The highest BCUT2D eigenvalue weighted by molar-refractivity contribution is 5.89. The number of nitrogens with two attached hydrogens (primary N) is 2. The van der Waals surface area contributed by atoms with E-state index >= 15 is 0 Å². The van der Waals surface area contributed by atoms with Gasteiger partial charge in [-0.05, 0) is 47.0 Å². The molecule has 0 heterocycles. The standard InChI is InChI=1S/C12H14N2/c1-2-8-5-9-3-4-11(13)6-10(9)7-12(8)14/h3-7H,2,13-14H2,1H3. The minimum atomic E-state index is 0.779. The van der Waals surface area contributed by atoms with E-state index in [0.717, 1.165) is 23.2 Å². The molecular formula is C12H14N2. The van der Waals surface area contributed by atoms with Gasteiger partial charge in [0.2, 0.25) is 0 Å². The number of anilines is 2. The average Bonchev–Trinajstić information content (AvgIpc) is 2.16. The highest BCUT2D eigenvalue weighted by Crippen LogP contribution is 2.24. The van der Waals surface area contributed by atoms with Gasteiger partial charge in [0.05, 0.1) is 0 Å². The number of fused-ring (bicyclic) bond motifs is 1. The molecule has 0 spiro atoms. The lowest BCUT2D eigenvalue weighted by Gasteiger charge is -2.06. The van der Waals surface area contributed by atoms with Crippen molar-refractivity contribution in [2.45, 2.75) is 13.3 Å². The van der Waals surface area contributed by atoms with Crippen LogP contribution in [-0.2, 0) is 6.42 Å². The second kappa shape index (κ2) is 3.22. The molecule has 0 aromatic heterocycles. The summed E-state index contributed by atoms with van der Waals surface area (Å²) in [7, 11) is 0. The maximum absolute atomic E-state index is 5.91. The molecule has 0 bridgehead atoms. The van der Waals surface area contributed by atoms with Gasteiger partial charge in [-0.25, -0.2) is 0 Å². The molecule has 0 amide bonds. The van der Waals surface area contributed by atoms with Crippen LogP contribution < -0.4 is 11.5 Å². The Morgan fingerprint density at radius 1 is 1.00 bits per heavy atom. The third-order valence-corrected chi connectivity index (χ3v) is 2.50. The lowest BCUT2D eigenvalue weighted by Crippen LogP contribution is -1.93. The molecule has 0 saturated heterocycles. The monoisotopic (exact) mass is 186 g/mol. The lowest BCUT2D eigenvalue weighted by atomic mass is 10.0. The fourth-order valence-electron chi connectivity index (χ4n) is 1.69. The van der Waals surface area contributed by atoms with Crippen molar-refractivity contribution >= 4 is 22.1 Å². The summed E-state index contributed by atoms with van der Waals surface area (Å²) in [6.07, 6.45) is 0.964. The molecule has 2 aromatic rings. The number of nitrogen functional groups attached to an aromatic ring is 2. The zero-order chi connectivity index (χ0) is 10.1. The molecule has 0 unspecified atom stereocenters. The Labute approximate surface area is 83.5 Å². The zero-order valence-corrected chi connectivity index (χ0v) is 8.25. The van der Waals surface area contributed by atoms with E-state index in [-0.39, 0.29) is 0 Å². The molecule has 72 valence electrons. The second-order valence-electron chi connectivity index (χ2n) is 3.51. The maximum Gasteiger partial charge on any atom is 0.0352 e. The molecule has 2 nitrogen and oxygen atoms in total. The van der Waals surface area contributed by atoms with Crippen LogP contribution in [0.1, 0.15) is 12.5 Å². The summed E-state index contributed by atoms with van der Waals surface area (Å²) in [5.41, 5.74) is 14.4. The summed E-state index contributed by atoms with van der Waals surface area (Å²) >= 11 is 0. The molecule has 14 heavy (non-hydrogen) atoms. The van der Waals surface area contributed by atoms with E-state index in [2.05, 4.69) is 13.0 Å². The predicted molar refractivity (Wildman–Crippen MR) is 62.2 cm³/mol. The Hall–Kier alpha value is -1.70. The first kappa shape index (κ1) is 8.88. The van der Waals surface area contributed by atoms with Crippen LogP contribution in [0.2, 0.25) is 0 Å². The van der Waals surface area contributed by atoms with Crippen LogP contribution in [0.15, 0.2) is 30.3 Å². The summed E-state index contributed by atoms with van der Waals surface area (Å²) in [6, 6.07) is 10.0. The fourth-order valence-corrected chi connectivity index (χ4v) is 1.69. The third-order valence-electron chi connectivity index (χ3n) is 2.50. The largest absolute Gasteiger partial charge is 0.399 e. The van der Waals surface area contributed by atoms with Gasteiger partial charge in [-0.3, -0.25) is 0 Å². The molecule has 2 heteroatoms. The smallest absolute Gasteiger partial charge is 0.0352 e. The van der Waals surface area contributed by atoms with E-state index in [1.807, 2.05) is 24.3 Å². The summed E-state index contributed by atoms with van der Waals surface area (Å²) in [5.74, 6) is 0. The first-order valence-corrected chi connectivity index (χ1v) is 4.78. The van der Waals surface area contributed by atoms with Crippen LogP contribution in [0, 0.1) is 0 Å². The molecule has 0 radical (unpaired) electrons. The molecule has 0 aliphatic heterocycles. The predicted octanol–water partition coefficient (Wildman–Crippen LogP) is 2.57. The van der Waals surface area contributed by atoms with Crippen molar-refractivity contribution in [1.82, 2.24) is 0 Å². The molecule has 4 N–H and O–H groups in total. The van der Waals surface area contributed by atoms with Gasteiger partial charge < -0.3 is 11.5 Å². The minimum absolute atomic E-state index is 0.779. The van der Waals surface area contributed by atoms with E-state index in [4.69, 9.17) is 11.5 Å². The minimum Gasteiger partial charge on any atom is -0.399 e. The summed E-state index contributed by atoms with van der Waals surface area (Å²) in [6.45, 7) is 2.11. The van der Waals surface area contributed by atoms with Gasteiger partial charge in [0, 0.05) is 11.4 Å². The first-order chi connectivity index (χ1) is 6.70. The summed E-state index contributed by atoms with van der Waals surface area (Å²) < 4.78 is 0. The molecule has 0 fully saturated rings. The van der Waals surface area contributed by atoms with Gasteiger partial charge in [-0.15, -0.1) is 0 Å². The van der Waals surface area contributed by atoms with E-state index in [1.165, 1.54) is 10.9 Å². The molecule has 0 atom stereocenters. The van der Waals surface area contributed by atoms with Crippen molar-refractivity contribution in [2.75, 3.05) is 11.5 Å². The molecule has 2 rings (SSSR count). The van der Waals surface area contributed by atoms with Gasteiger partial charge in [-0.2, -0.15) is 0 Å². The van der Waals surface area contributed by atoms with Gasteiger partial charge in [0.15, 0.2) is 0 Å². The van der Waals surface area contributed by atoms with Crippen molar-refractivity contribution < 1.29 is 0 Å². The number of hydrogen-bond acceptors (Lipinski definition) is 2. The second-order valence-corrected chi connectivity index (χ2v) is 3.51. The van der Waals surface area contributed by atoms with E-state index in [1.54, 1.807) is 0 Å². The van der Waals surface area contributed by atoms with Crippen molar-refractivity contribution in [3.8, 4) is 0 Å². The lowest BCUT2D eigenvalue weighted by molar-refractivity contribution is 1.15. The number of aryl methyl sites for hydroxylation is 1. The fraction of sp³-hybridized carbons (Fsp3) is 0.167. The summed E-state index contributed by atoms with van der Waals surface area (Å²) in [5, 5.41) is 2.31. The van der Waals surface area contributed by atoms with E-state index in [0.29, 0.717) is 0 Å². The summed E-state index contributed by atoms with van der Waals surface area (Å²) in [4.78, 5) is 0. The molecular weight excluding hydrogens is 172 g/mol. The number of hydrogen-bond donors (Lipinski definition) is 2. The quantitative estimate of drug-likeness (QED) is 0.672. The SMILES string of the molecule is CCc1cc2ccc(N)cc2cc1N. The Bertz CT molecular complexity index is 475. The van der Waals surface area contributed by atoms with Crippen molar-refractivity contribution in [3.05, 3.63) is 35.9 Å². The highest BCUT2D eigenvalue weighted by Gasteiger charge is 2.00. The van der Waals surface area contributed by atoms with Crippen LogP contribution in [0.5, 0.6) is 0 Å². The maximum atomic E-state index is 5.91. The Morgan fingerprint density at radius 3 is 2.50 bits per heavy atom. The number of benzene rings is 2. The Kier molecular flexibility index (Phi) is 2.04. The Balaban J connectivity index is 2.73. The van der Waals surface area contributed by atoms with Crippen LogP contribution in [0.3, 0.4) is 0 Å². The zero-order valence-electron chi connectivity index (χ0n) is 8.25. The molecule has 0 aliphatic carbocycles. The number of rotatable bonds is 1.